The van der Waals surface area contributed by atoms with Crippen LogP contribution in [0.3, 0.4) is 0 Å². The highest BCUT2D eigenvalue weighted by Crippen LogP contribution is 2.24. The summed E-state index contributed by atoms with van der Waals surface area (Å²) in [6.07, 6.45) is 1.71. The molecule has 3 aromatic carbocycles. The SMILES string of the molecule is Cc1ccc(NS(=O)(=O)c2ccc(Cl)c(C(=O)Nc3ccn(-c4ccccc4)n3)c2)cc1C. The molecule has 4 rings (SSSR count). The number of aryl methyl sites for hydroxylation is 2. The first kappa shape index (κ1) is 22.6. The number of sulfonamides is 1. The van der Waals surface area contributed by atoms with Crippen molar-refractivity contribution in [2.24, 2.45) is 0 Å². The number of nitrogens with zero attached hydrogens (tertiary/aromatic N) is 2. The van der Waals surface area contributed by atoms with Crippen molar-refractivity contribution in [3.05, 3.63) is 101 Å². The molecular weight excluding hydrogens is 460 g/mol. The van der Waals surface area contributed by atoms with Crippen molar-refractivity contribution in [2.75, 3.05) is 10.0 Å². The molecule has 0 saturated heterocycles. The fourth-order valence-electron chi connectivity index (χ4n) is 3.16. The van der Waals surface area contributed by atoms with Crippen LogP contribution in [0.15, 0.2) is 83.9 Å². The van der Waals surface area contributed by atoms with Crippen molar-refractivity contribution in [2.45, 2.75) is 18.7 Å². The van der Waals surface area contributed by atoms with Crippen LogP contribution in [0.25, 0.3) is 5.69 Å². The molecule has 1 aromatic heterocycles. The summed E-state index contributed by atoms with van der Waals surface area (Å²) in [5.41, 5.74) is 3.31. The molecule has 2 N–H and O–H groups in total. The van der Waals surface area contributed by atoms with E-state index in [0.29, 0.717) is 11.5 Å². The molecule has 0 saturated carbocycles. The number of anilines is 2. The summed E-state index contributed by atoms with van der Waals surface area (Å²) < 4.78 is 30.0. The van der Waals surface area contributed by atoms with E-state index in [4.69, 9.17) is 11.6 Å². The first-order valence-electron chi connectivity index (χ1n) is 10.0. The smallest absolute Gasteiger partial charge is 0.261 e. The number of hydrogen-bond donors (Lipinski definition) is 2. The second-order valence-electron chi connectivity index (χ2n) is 7.48. The average molecular weight is 481 g/mol. The van der Waals surface area contributed by atoms with Gasteiger partial charge in [0.1, 0.15) is 0 Å². The number of nitrogens with one attached hydrogen (secondary N) is 2. The van der Waals surface area contributed by atoms with Crippen LogP contribution < -0.4 is 10.0 Å². The zero-order chi connectivity index (χ0) is 23.6. The van der Waals surface area contributed by atoms with Crippen LogP contribution in [0.4, 0.5) is 11.5 Å². The largest absolute Gasteiger partial charge is 0.305 e. The fraction of sp³-hybridized carbons (Fsp3) is 0.0833. The summed E-state index contributed by atoms with van der Waals surface area (Å²) in [6.45, 7) is 3.84. The average Bonchev–Trinajstić information content (AvgIpc) is 3.25. The predicted molar refractivity (Wildman–Crippen MR) is 130 cm³/mol. The lowest BCUT2D eigenvalue weighted by Crippen LogP contribution is -2.17. The van der Waals surface area contributed by atoms with Gasteiger partial charge in [-0.3, -0.25) is 9.52 Å². The van der Waals surface area contributed by atoms with Gasteiger partial charge in [-0.25, -0.2) is 13.1 Å². The van der Waals surface area contributed by atoms with Gasteiger partial charge in [0.05, 0.1) is 21.2 Å². The van der Waals surface area contributed by atoms with Crippen LogP contribution in [-0.2, 0) is 10.0 Å². The van der Waals surface area contributed by atoms with Gasteiger partial charge in [0, 0.05) is 18.0 Å². The predicted octanol–water partition coefficient (Wildman–Crippen LogP) is 5.20. The van der Waals surface area contributed by atoms with Crippen molar-refractivity contribution in [3.63, 3.8) is 0 Å². The van der Waals surface area contributed by atoms with E-state index < -0.39 is 15.9 Å². The van der Waals surface area contributed by atoms with Gasteiger partial charge >= 0.3 is 0 Å². The second-order valence-corrected chi connectivity index (χ2v) is 9.57. The highest BCUT2D eigenvalue weighted by Gasteiger charge is 2.20. The molecule has 168 valence electrons. The zero-order valence-electron chi connectivity index (χ0n) is 17.9. The Hall–Kier alpha value is -3.62. The Morgan fingerprint density at radius 3 is 2.42 bits per heavy atom. The van der Waals surface area contributed by atoms with Crippen molar-refractivity contribution >= 4 is 39.0 Å². The standard InChI is InChI=1S/C24H21ClN4O3S/c1-16-8-9-18(14-17(16)2)28-33(31,32)20-10-11-22(25)21(15-20)24(30)26-23-12-13-29(27-23)19-6-4-3-5-7-19/h3-15,28H,1-2H3,(H,26,27,30). The summed E-state index contributed by atoms with van der Waals surface area (Å²) >= 11 is 6.21. The Kier molecular flexibility index (Phi) is 6.22. The van der Waals surface area contributed by atoms with Crippen LogP contribution in [0.2, 0.25) is 5.02 Å². The van der Waals surface area contributed by atoms with E-state index in [9.17, 15) is 13.2 Å². The lowest BCUT2D eigenvalue weighted by atomic mass is 10.1. The summed E-state index contributed by atoms with van der Waals surface area (Å²) in [7, 11) is -3.93. The van der Waals surface area contributed by atoms with Crippen LogP contribution in [0.1, 0.15) is 21.5 Å². The van der Waals surface area contributed by atoms with Gasteiger partial charge in [0.2, 0.25) is 0 Å². The van der Waals surface area contributed by atoms with E-state index >= 15 is 0 Å². The first-order valence-corrected chi connectivity index (χ1v) is 11.9. The van der Waals surface area contributed by atoms with Crippen molar-refractivity contribution in [3.8, 4) is 5.69 Å². The fourth-order valence-corrected chi connectivity index (χ4v) is 4.44. The third-order valence-corrected chi connectivity index (χ3v) is 6.81. The van der Waals surface area contributed by atoms with Gasteiger partial charge in [0.25, 0.3) is 15.9 Å². The molecular formula is C24H21ClN4O3S. The molecule has 0 radical (unpaired) electrons. The summed E-state index contributed by atoms with van der Waals surface area (Å²) in [5, 5.41) is 7.11. The number of rotatable bonds is 6. The van der Waals surface area contributed by atoms with Crippen LogP contribution in [-0.4, -0.2) is 24.1 Å². The monoisotopic (exact) mass is 480 g/mol. The Morgan fingerprint density at radius 2 is 1.70 bits per heavy atom. The van der Waals surface area contributed by atoms with Crippen LogP contribution in [0.5, 0.6) is 0 Å². The molecule has 0 aliphatic heterocycles. The normalized spacial score (nSPS) is 11.2. The Morgan fingerprint density at radius 1 is 0.939 bits per heavy atom. The van der Waals surface area contributed by atoms with Crippen molar-refractivity contribution in [1.29, 1.82) is 0 Å². The molecule has 1 heterocycles. The minimum atomic E-state index is -3.93. The van der Waals surface area contributed by atoms with E-state index in [0.717, 1.165) is 16.8 Å². The van der Waals surface area contributed by atoms with Gasteiger partial charge in [0.15, 0.2) is 5.82 Å². The lowest BCUT2D eigenvalue weighted by Gasteiger charge is -2.12. The molecule has 33 heavy (non-hydrogen) atoms. The molecule has 1 amide bonds. The van der Waals surface area contributed by atoms with Crippen LogP contribution in [0, 0.1) is 13.8 Å². The molecule has 0 fully saturated rings. The van der Waals surface area contributed by atoms with Crippen molar-refractivity contribution < 1.29 is 13.2 Å². The van der Waals surface area contributed by atoms with Gasteiger partial charge in [-0.2, -0.15) is 5.10 Å². The van der Waals surface area contributed by atoms with Gasteiger partial charge in [-0.05, 0) is 67.4 Å². The maximum atomic E-state index is 12.9. The van der Waals surface area contributed by atoms with Crippen molar-refractivity contribution in [1.82, 2.24) is 9.78 Å². The van der Waals surface area contributed by atoms with Gasteiger partial charge < -0.3 is 5.32 Å². The molecule has 4 aromatic rings. The minimum absolute atomic E-state index is 0.0221. The molecule has 0 bridgehead atoms. The first-order chi connectivity index (χ1) is 15.7. The number of halogens is 1. The number of hydrogen-bond acceptors (Lipinski definition) is 4. The topological polar surface area (TPSA) is 93.1 Å². The number of carbonyl (C=O) groups is 1. The number of benzene rings is 3. The molecule has 0 aliphatic rings. The highest BCUT2D eigenvalue weighted by molar-refractivity contribution is 7.92. The third kappa shape index (κ3) is 5.08. The maximum absolute atomic E-state index is 12.9. The Bertz CT molecular complexity index is 1430. The van der Waals surface area contributed by atoms with E-state index in [2.05, 4.69) is 15.1 Å². The molecule has 0 aliphatic carbocycles. The summed E-state index contributed by atoms with van der Waals surface area (Å²) in [6, 6.07) is 20.3. The molecule has 7 nitrogen and oxygen atoms in total. The number of para-hydroxylation sites is 1. The number of amides is 1. The van der Waals surface area contributed by atoms with E-state index in [1.165, 1.54) is 18.2 Å². The highest BCUT2D eigenvalue weighted by atomic mass is 35.5. The number of aromatic nitrogens is 2. The summed E-state index contributed by atoms with van der Waals surface area (Å²) in [5.74, 6) is -0.261. The van der Waals surface area contributed by atoms with Gasteiger partial charge in [-0.15, -0.1) is 0 Å². The maximum Gasteiger partial charge on any atom is 0.261 e. The quantitative estimate of drug-likeness (QED) is 0.397. The molecule has 0 spiro atoms. The summed E-state index contributed by atoms with van der Waals surface area (Å²) in [4.78, 5) is 12.8. The van der Waals surface area contributed by atoms with E-state index in [1.54, 1.807) is 29.1 Å². The second kappa shape index (κ2) is 9.09. The molecule has 0 unspecified atom stereocenters. The molecule has 0 atom stereocenters. The van der Waals surface area contributed by atoms with E-state index in [-0.39, 0.29) is 15.5 Å². The molecule has 9 heteroatoms. The zero-order valence-corrected chi connectivity index (χ0v) is 19.5. The number of carbonyl (C=O) groups excluding carboxylic acids is 1. The third-order valence-electron chi connectivity index (χ3n) is 5.10. The Balaban J connectivity index is 1.56. The van der Waals surface area contributed by atoms with E-state index in [1.807, 2.05) is 50.2 Å². The Labute approximate surface area is 197 Å². The lowest BCUT2D eigenvalue weighted by molar-refractivity contribution is 0.102. The van der Waals surface area contributed by atoms with Crippen LogP contribution >= 0.6 is 11.6 Å². The van der Waals surface area contributed by atoms with Gasteiger partial charge in [-0.1, -0.05) is 35.9 Å². The minimum Gasteiger partial charge on any atom is -0.305 e.